The molecule has 0 saturated carbocycles. The molecule has 1 amide bonds. The number of ether oxygens (including phenoxy) is 1. The van der Waals surface area contributed by atoms with Gasteiger partial charge in [-0.3, -0.25) is 9.59 Å². The van der Waals surface area contributed by atoms with Gasteiger partial charge in [-0.05, 0) is 71.5 Å². The molecule has 0 aliphatic carbocycles. The van der Waals surface area contributed by atoms with Crippen molar-refractivity contribution in [2.75, 3.05) is 33.8 Å². The van der Waals surface area contributed by atoms with Crippen LogP contribution in [0.5, 0.6) is 0 Å². The van der Waals surface area contributed by atoms with Crippen molar-refractivity contribution >= 4 is 11.9 Å². The summed E-state index contributed by atoms with van der Waals surface area (Å²) in [5.41, 5.74) is 0. The standard InChI is InChI=1S/C43H86N2O3/c1-7-11-15-17-21-26-33-41(45(38-30-37-44(5)6)42(46)35-28-23-18-16-12-8-2)34-27-22-19-20-24-29-36-43(47)48-39-40(31-14-10-4)32-25-13-9-3/h40-41H,7-39H2,1-6H3. The highest BCUT2D eigenvalue weighted by molar-refractivity contribution is 5.76. The van der Waals surface area contributed by atoms with Crippen molar-refractivity contribution in [3.63, 3.8) is 0 Å². The predicted octanol–water partition coefficient (Wildman–Crippen LogP) is 12.7. The fourth-order valence-corrected chi connectivity index (χ4v) is 7.01. The third-order valence-corrected chi connectivity index (χ3v) is 10.2. The summed E-state index contributed by atoms with van der Waals surface area (Å²) in [5.74, 6) is 0.953. The number of hydrogen-bond donors (Lipinski definition) is 0. The molecule has 2 unspecified atom stereocenters. The van der Waals surface area contributed by atoms with Crippen LogP contribution in [-0.4, -0.2) is 61.5 Å². The summed E-state index contributed by atoms with van der Waals surface area (Å²) in [5, 5.41) is 0. The van der Waals surface area contributed by atoms with Crippen molar-refractivity contribution in [1.29, 1.82) is 0 Å². The lowest BCUT2D eigenvalue weighted by Gasteiger charge is -2.33. The highest BCUT2D eigenvalue weighted by atomic mass is 16.5. The van der Waals surface area contributed by atoms with Gasteiger partial charge >= 0.3 is 5.97 Å². The number of carbonyl (C=O) groups is 2. The normalized spacial score (nSPS) is 12.8. The van der Waals surface area contributed by atoms with Crippen molar-refractivity contribution in [3.05, 3.63) is 0 Å². The monoisotopic (exact) mass is 679 g/mol. The lowest BCUT2D eigenvalue weighted by molar-refractivity contribution is -0.145. The van der Waals surface area contributed by atoms with Crippen LogP contribution >= 0.6 is 0 Å². The van der Waals surface area contributed by atoms with E-state index in [0.717, 1.165) is 58.0 Å². The molecule has 0 bridgehead atoms. The maximum absolute atomic E-state index is 13.6. The average Bonchev–Trinajstić information content (AvgIpc) is 3.07. The van der Waals surface area contributed by atoms with E-state index in [2.05, 4.69) is 51.6 Å². The highest BCUT2D eigenvalue weighted by Crippen LogP contribution is 2.22. The number of unbranched alkanes of at least 4 members (excludes halogenated alkanes) is 18. The zero-order chi connectivity index (χ0) is 35.5. The van der Waals surface area contributed by atoms with Gasteiger partial charge in [0, 0.05) is 25.4 Å². The van der Waals surface area contributed by atoms with Crippen molar-refractivity contribution in [3.8, 4) is 0 Å². The summed E-state index contributed by atoms with van der Waals surface area (Å²) in [7, 11) is 4.28. The molecule has 0 rings (SSSR count). The fourth-order valence-electron chi connectivity index (χ4n) is 7.01. The molecular weight excluding hydrogens is 592 g/mol. The summed E-state index contributed by atoms with van der Waals surface area (Å²) >= 11 is 0. The summed E-state index contributed by atoms with van der Waals surface area (Å²) < 4.78 is 5.72. The van der Waals surface area contributed by atoms with Crippen LogP contribution in [0.2, 0.25) is 0 Å². The number of carbonyl (C=O) groups excluding carboxylic acids is 2. The summed E-state index contributed by atoms with van der Waals surface area (Å²) in [6.45, 7) is 11.6. The Morgan fingerprint density at radius 2 is 0.917 bits per heavy atom. The molecule has 0 heterocycles. The van der Waals surface area contributed by atoms with Gasteiger partial charge < -0.3 is 14.5 Å². The molecule has 0 aliphatic rings. The molecule has 5 heteroatoms. The molecule has 0 saturated heterocycles. The van der Waals surface area contributed by atoms with Crippen LogP contribution in [0.3, 0.4) is 0 Å². The van der Waals surface area contributed by atoms with E-state index >= 15 is 0 Å². The van der Waals surface area contributed by atoms with Crippen molar-refractivity contribution in [1.82, 2.24) is 9.80 Å². The van der Waals surface area contributed by atoms with Gasteiger partial charge in [0.25, 0.3) is 0 Å². The lowest BCUT2D eigenvalue weighted by Crippen LogP contribution is -2.41. The molecule has 0 aromatic heterocycles. The number of rotatable bonds is 37. The van der Waals surface area contributed by atoms with E-state index in [-0.39, 0.29) is 5.97 Å². The SMILES string of the molecule is CCCCCCCCC(=O)N(CCCN(C)C)C(CCCCCCCC)CCCCCCCCC(=O)OCC(CCCC)CCCCC. The largest absolute Gasteiger partial charge is 0.465 e. The van der Waals surface area contributed by atoms with Crippen molar-refractivity contribution in [2.45, 2.75) is 226 Å². The quantitative estimate of drug-likeness (QED) is 0.0485. The smallest absolute Gasteiger partial charge is 0.305 e. The molecule has 0 spiro atoms. The second-order valence-electron chi connectivity index (χ2n) is 15.3. The predicted molar refractivity (Wildman–Crippen MR) is 210 cm³/mol. The van der Waals surface area contributed by atoms with Crippen LogP contribution in [0.4, 0.5) is 0 Å². The number of esters is 1. The van der Waals surface area contributed by atoms with Crippen LogP contribution in [-0.2, 0) is 14.3 Å². The fraction of sp³-hybridized carbons (Fsp3) is 0.953. The topological polar surface area (TPSA) is 49.9 Å². The van der Waals surface area contributed by atoms with Crippen molar-refractivity contribution < 1.29 is 14.3 Å². The van der Waals surface area contributed by atoms with E-state index in [1.54, 1.807) is 0 Å². The van der Waals surface area contributed by atoms with E-state index < -0.39 is 0 Å². The van der Waals surface area contributed by atoms with Crippen LogP contribution in [0.25, 0.3) is 0 Å². The van der Waals surface area contributed by atoms with Crippen molar-refractivity contribution in [2.24, 2.45) is 5.92 Å². The van der Waals surface area contributed by atoms with Crippen LogP contribution in [0.1, 0.15) is 220 Å². The minimum Gasteiger partial charge on any atom is -0.465 e. The van der Waals surface area contributed by atoms with Gasteiger partial charge in [0.15, 0.2) is 0 Å². The molecular formula is C43H86N2O3. The molecule has 0 aromatic rings. The third kappa shape index (κ3) is 29.8. The molecule has 0 aromatic carbocycles. The van der Waals surface area contributed by atoms with Gasteiger partial charge in [0.2, 0.25) is 5.91 Å². The Balaban J connectivity index is 4.74. The molecule has 48 heavy (non-hydrogen) atoms. The first-order chi connectivity index (χ1) is 23.4. The van der Waals surface area contributed by atoms with Gasteiger partial charge in [-0.2, -0.15) is 0 Å². The number of hydrogen-bond acceptors (Lipinski definition) is 4. The molecule has 5 nitrogen and oxygen atoms in total. The Morgan fingerprint density at radius 1 is 0.479 bits per heavy atom. The second kappa shape index (κ2) is 35.7. The Bertz CT molecular complexity index is 698. The second-order valence-corrected chi connectivity index (χ2v) is 15.3. The summed E-state index contributed by atoms with van der Waals surface area (Å²) in [6, 6.07) is 0.392. The van der Waals surface area contributed by atoms with E-state index in [9.17, 15) is 9.59 Å². The Kier molecular flexibility index (Phi) is 34.9. The maximum Gasteiger partial charge on any atom is 0.305 e. The third-order valence-electron chi connectivity index (χ3n) is 10.2. The van der Waals surface area contributed by atoms with Crippen LogP contribution in [0, 0.1) is 5.92 Å². The number of amides is 1. The van der Waals surface area contributed by atoms with E-state index in [4.69, 9.17) is 4.74 Å². The van der Waals surface area contributed by atoms with E-state index in [0.29, 0.717) is 30.9 Å². The average molecular weight is 679 g/mol. The molecule has 0 radical (unpaired) electrons. The first-order valence-corrected chi connectivity index (χ1v) is 21.5. The maximum atomic E-state index is 13.6. The van der Waals surface area contributed by atoms with Gasteiger partial charge in [-0.25, -0.2) is 0 Å². The summed E-state index contributed by atoms with van der Waals surface area (Å²) in [6.07, 6.45) is 35.4. The zero-order valence-corrected chi connectivity index (χ0v) is 33.6. The van der Waals surface area contributed by atoms with Crippen LogP contribution in [0.15, 0.2) is 0 Å². The van der Waals surface area contributed by atoms with Gasteiger partial charge in [-0.1, -0.05) is 163 Å². The lowest BCUT2D eigenvalue weighted by atomic mass is 9.96. The zero-order valence-electron chi connectivity index (χ0n) is 33.6. The Labute approximate surface area is 301 Å². The number of nitrogens with zero attached hydrogens (tertiary/aromatic N) is 2. The minimum atomic E-state index is 0.00418. The van der Waals surface area contributed by atoms with Gasteiger partial charge in [0.05, 0.1) is 6.61 Å². The molecule has 0 N–H and O–H groups in total. The van der Waals surface area contributed by atoms with Gasteiger partial charge in [0.1, 0.15) is 0 Å². The highest BCUT2D eigenvalue weighted by Gasteiger charge is 2.23. The van der Waals surface area contributed by atoms with Gasteiger partial charge in [-0.15, -0.1) is 0 Å². The summed E-state index contributed by atoms with van der Waals surface area (Å²) in [4.78, 5) is 30.6. The first kappa shape index (κ1) is 46.9. The minimum absolute atomic E-state index is 0.00418. The Hall–Kier alpha value is -1.10. The Morgan fingerprint density at radius 3 is 1.46 bits per heavy atom. The van der Waals surface area contributed by atoms with E-state index in [1.165, 1.54) is 141 Å². The molecule has 2 atom stereocenters. The molecule has 0 fully saturated rings. The van der Waals surface area contributed by atoms with Crippen LogP contribution < -0.4 is 0 Å². The molecule has 0 aliphatic heterocycles. The molecule has 286 valence electrons. The first-order valence-electron chi connectivity index (χ1n) is 21.5. The van der Waals surface area contributed by atoms with E-state index in [1.807, 2.05) is 0 Å².